The van der Waals surface area contributed by atoms with Gasteiger partial charge >= 0.3 is 0 Å². The van der Waals surface area contributed by atoms with E-state index >= 15 is 0 Å². The molecular formula is C32H56N2O5S2. The second-order valence-corrected chi connectivity index (χ2v) is 14.6. The van der Waals surface area contributed by atoms with Crippen LogP contribution in [0.2, 0.25) is 0 Å². The van der Waals surface area contributed by atoms with Gasteiger partial charge in [0, 0.05) is 13.1 Å². The first-order valence-electron chi connectivity index (χ1n) is 15.0. The average Bonchev–Trinajstić information content (AvgIpc) is 2.94. The molecule has 2 aromatic carbocycles. The van der Waals surface area contributed by atoms with Gasteiger partial charge in [-0.3, -0.25) is 0 Å². The summed E-state index contributed by atoms with van der Waals surface area (Å²) in [6.45, 7) is 12.1. The Labute approximate surface area is 251 Å². The van der Waals surface area contributed by atoms with Crippen LogP contribution in [0, 0.1) is 13.8 Å². The molecule has 0 bridgehead atoms. The number of benzene rings is 2. The van der Waals surface area contributed by atoms with Crippen molar-refractivity contribution in [3.8, 4) is 0 Å². The third-order valence-corrected chi connectivity index (χ3v) is 10.3. The number of sulfonamides is 2. The zero-order valence-electron chi connectivity index (χ0n) is 26.7. The van der Waals surface area contributed by atoms with Gasteiger partial charge in [-0.1, -0.05) is 101 Å². The van der Waals surface area contributed by atoms with Crippen LogP contribution in [-0.4, -0.2) is 52.5 Å². The van der Waals surface area contributed by atoms with Crippen LogP contribution in [-0.2, 0) is 20.0 Å². The van der Waals surface area contributed by atoms with Crippen LogP contribution in [0.1, 0.15) is 103 Å². The minimum absolute atomic E-state index is 0.0400. The Morgan fingerprint density at radius 3 is 1.51 bits per heavy atom. The van der Waals surface area contributed by atoms with Crippen LogP contribution >= 0.6 is 0 Å². The Morgan fingerprint density at radius 1 is 0.707 bits per heavy atom. The third kappa shape index (κ3) is 16.4. The van der Waals surface area contributed by atoms with E-state index in [9.17, 15) is 16.8 Å². The summed E-state index contributed by atoms with van der Waals surface area (Å²) in [5, 5.41) is 8.85. The molecule has 41 heavy (non-hydrogen) atoms. The molecule has 2 unspecified atom stereocenters. The van der Waals surface area contributed by atoms with Crippen molar-refractivity contribution in [1.82, 2.24) is 9.03 Å². The van der Waals surface area contributed by atoms with Crippen molar-refractivity contribution in [1.29, 1.82) is 0 Å². The van der Waals surface area contributed by atoms with Gasteiger partial charge in [0.2, 0.25) is 20.0 Å². The summed E-state index contributed by atoms with van der Waals surface area (Å²) in [7, 11) is -3.55. The predicted molar refractivity (Wildman–Crippen MR) is 172 cm³/mol. The van der Waals surface area contributed by atoms with Crippen molar-refractivity contribution >= 4 is 20.0 Å². The van der Waals surface area contributed by atoms with E-state index in [1.807, 2.05) is 39.8 Å². The standard InChI is InChI=1S/C16H27NO2S.C8H11NO2S.C8H18O/c1-5-6-7-8-9-15(3)17(4)20(18,19)16-12-10-14(2)11-13-16;1-7-3-5-8(6-4-7)12(10,11)9-2;1-3-4-5-6-7-8(2)9/h10-13,15H,5-9H2,1-4H3;3-6,9H,1-2H3;8-9H,3-7H2,1-2H3. The molecule has 0 aliphatic rings. The number of aliphatic hydroxyl groups excluding tert-OH is 1. The summed E-state index contributed by atoms with van der Waals surface area (Å²) in [6.07, 6.45) is 11.5. The van der Waals surface area contributed by atoms with E-state index in [-0.39, 0.29) is 12.1 Å². The van der Waals surface area contributed by atoms with Crippen molar-refractivity contribution in [2.24, 2.45) is 0 Å². The van der Waals surface area contributed by atoms with Crippen LogP contribution in [0.15, 0.2) is 58.3 Å². The fourth-order valence-electron chi connectivity index (χ4n) is 3.86. The molecular weight excluding hydrogens is 556 g/mol. The molecule has 0 saturated carbocycles. The summed E-state index contributed by atoms with van der Waals surface area (Å²) in [4.78, 5) is 0.682. The molecule has 0 amide bonds. The molecule has 0 saturated heterocycles. The number of hydrogen-bond donors (Lipinski definition) is 2. The first-order valence-corrected chi connectivity index (χ1v) is 17.9. The number of hydrogen-bond acceptors (Lipinski definition) is 5. The molecule has 0 aliphatic carbocycles. The lowest BCUT2D eigenvalue weighted by molar-refractivity contribution is 0.180. The molecule has 0 aromatic heterocycles. The van der Waals surface area contributed by atoms with Crippen LogP contribution in [0.5, 0.6) is 0 Å². The van der Waals surface area contributed by atoms with E-state index in [0.29, 0.717) is 9.79 Å². The fourth-order valence-corrected chi connectivity index (χ4v) is 5.99. The number of unbranched alkanes of at least 4 members (excludes halogenated alkanes) is 6. The van der Waals surface area contributed by atoms with Crippen molar-refractivity contribution in [3.63, 3.8) is 0 Å². The van der Waals surface area contributed by atoms with Gasteiger partial charge in [-0.05, 0) is 71.8 Å². The van der Waals surface area contributed by atoms with Gasteiger partial charge in [0.25, 0.3) is 0 Å². The van der Waals surface area contributed by atoms with E-state index in [0.717, 1.165) is 30.4 Å². The molecule has 7 nitrogen and oxygen atoms in total. The molecule has 9 heteroatoms. The second-order valence-electron chi connectivity index (χ2n) is 10.8. The lowest BCUT2D eigenvalue weighted by Crippen LogP contribution is -2.35. The van der Waals surface area contributed by atoms with Crippen LogP contribution in [0.3, 0.4) is 0 Å². The van der Waals surface area contributed by atoms with Gasteiger partial charge in [-0.25, -0.2) is 21.6 Å². The highest BCUT2D eigenvalue weighted by Gasteiger charge is 2.24. The van der Waals surface area contributed by atoms with Crippen molar-refractivity contribution in [3.05, 3.63) is 59.7 Å². The molecule has 2 aromatic rings. The number of aliphatic hydroxyl groups is 1. The van der Waals surface area contributed by atoms with E-state index in [1.165, 1.54) is 56.3 Å². The van der Waals surface area contributed by atoms with Crippen LogP contribution in [0.4, 0.5) is 0 Å². The first kappa shape index (κ1) is 39.2. The summed E-state index contributed by atoms with van der Waals surface area (Å²) in [6, 6.07) is 13.8. The topological polar surface area (TPSA) is 104 Å². The highest BCUT2D eigenvalue weighted by molar-refractivity contribution is 7.89. The fraction of sp³-hybridized carbons (Fsp3) is 0.625. The smallest absolute Gasteiger partial charge is 0.243 e. The van der Waals surface area contributed by atoms with Gasteiger partial charge in [0.1, 0.15) is 0 Å². The van der Waals surface area contributed by atoms with Gasteiger partial charge < -0.3 is 5.11 Å². The normalized spacial score (nSPS) is 13.0. The summed E-state index contributed by atoms with van der Waals surface area (Å²) < 4.78 is 51.2. The lowest BCUT2D eigenvalue weighted by Gasteiger charge is -2.24. The zero-order valence-corrected chi connectivity index (χ0v) is 28.3. The molecule has 0 aliphatic heterocycles. The quantitative estimate of drug-likeness (QED) is 0.207. The maximum Gasteiger partial charge on any atom is 0.243 e. The van der Waals surface area contributed by atoms with E-state index in [4.69, 9.17) is 5.11 Å². The Kier molecular flexibility index (Phi) is 20.1. The molecule has 0 spiro atoms. The van der Waals surface area contributed by atoms with Gasteiger partial charge in [-0.2, -0.15) is 4.31 Å². The lowest BCUT2D eigenvalue weighted by atomic mass is 10.1. The van der Waals surface area contributed by atoms with Crippen molar-refractivity contribution in [2.75, 3.05) is 14.1 Å². The third-order valence-electron chi connectivity index (χ3n) is 6.87. The highest BCUT2D eigenvalue weighted by Crippen LogP contribution is 2.20. The summed E-state index contributed by atoms with van der Waals surface area (Å²) >= 11 is 0. The van der Waals surface area contributed by atoms with Gasteiger partial charge in [0.05, 0.1) is 15.9 Å². The largest absolute Gasteiger partial charge is 0.393 e. The molecule has 0 heterocycles. The van der Waals surface area contributed by atoms with Crippen LogP contribution < -0.4 is 4.72 Å². The molecule has 2 N–H and O–H groups in total. The van der Waals surface area contributed by atoms with Crippen molar-refractivity contribution < 1.29 is 21.9 Å². The van der Waals surface area contributed by atoms with Gasteiger partial charge in [0.15, 0.2) is 0 Å². The van der Waals surface area contributed by atoms with E-state index in [1.54, 1.807) is 43.4 Å². The maximum absolute atomic E-state index is 12.5. The minimum Gasteiger partial charge on any atom is -0.393 e. The van der Waals surface area contributed by atoms with E-state index in [2.05, 4.69) is 18.6 Å². The summed E-state index contributed by atoms with van der Waals surface area (Å²) in [5.74, 6) is 0. The van der Waals surface area contributed by atoms with Crippen LogP contribution in [0.25, 0.3) is 0 Å². The Bertz CT molecular complexity index is 1150. The molecule has 236 valence electrons. The molecule has 2 atom stereocenters. The second kappa shape index (κ2) is 21.0. The van der Waals surface area contributed by atoms with Gasteiger partial charge in [-0.15, -0.1) is 0 Å². The molecule has 0 fully saturated rings. The Morgan fingerprint density at radius 2 is 1.12 bits per heavy atom. The predicted octanol–water partition coefficient (Wildman–Crippen LogP) is 7.22. The number of aryl methyl sites for hydroxylation is 2. The molecule has 2 rings (SSSR count). The maximum atomic E-state index is 12.5. The van der Waals surface area contributed by atoms with E-state index < -0.39 is 20.0 Å². The SMILES string of the molecule is CCCCCCC(C)N(C)S(=O)(=O)c1ccc(C)cc1.CCCCCCC(C)O.CNS(=O)(=O)c1ccc(C)cc1. The molecule has 0 radical (unpaired) electrons. The Hall–Kier alpha value is -1.78. The number of rotatable bonds is 15. The summed E-state index contributed by atoms with van der Waals surface area (Å²) in [5.41, 5.74) is 2.12. The van der Waals surface area contributed by atoms with Crippen molar-refractivity contribution in [2.45, 2.75) is 128 Å². The number of nitrogens with one attached hydrogen (secondary N) is 1. The Balaban J connectivity index is 0.000000646. The zero-order chi connectivity index (χ0) is 31.5. The average molecular weight is 613 g/mol. The monoisotopic (exact) mass is 612 g/mol. The highest BCUT2D eigenvalue weighted by atomic mass is 32.2. The number of nitrogens with zero attached hydrogens (tertiary/aromatic N) is 1. The minimum atomic E-state index is -3.36. The first-order chi connectivity index (χ1) is 19.2.